The van der Waals surface area contributed by atoms with Gasteiger partial charge < -0.3 is 10.1 Å². The minimum Gasteiger partial charge on any atom is -0.469 e. The summed E-state index contributed by atoms with van der Waals surface area (Å²) in [6.07, 6.45) is 1.32. The highest BCUT2D eigenvalue weighted by molar-refractivity contribution is 7.12. The molecule has 0 amide bonds. The van der Waals surface area contributed by atoms with Gasteiger partial charge in [0.15, 0.2) is 0 Å². The average molecular weight is 310 g/mol. The van der Waals surface area contributed by atoms with Crippen molar-refractivity contribution in [2.45, 2.75) is 26.3 Å². The van der Waals surface area contributed by atoms with Gasteiger partial charge in [-0.05, 0) is 19.1 Å². The summed E-state index contributed by atoms with van der Waals surface area (Å²) in [6.45, 7) is 3.76. The molecule has 0 aliphatic rings. The molecule has 2 heterocycles. The number of aromatic nitrogens is 1. The van der Waals surface area contributed by atoms with Gasteiger partial charge >= 0.3 is 5.97 Å². The van der Waals surface area contributed by atoms with Crippen molar-refractivity contribution in [2.24, 2.45) is 0 Å². The van der Waals surface area contributed by atoms with Crippen LogP contribution in [0.25, 0.3) is 0 Å². The quantitative estimate of drug-likeness (QED) is 0.631. The Labute approximate surface area is 126 Å². The first-order chi connectivity index (χ1) is 9.67. The van der Waals surface area contributed by atoms with E-state index >= 15 is 0 Å². The molecule has 0 aliphatic heterocycles. The number of ether oxygens (including phenoxy) is 1. The number of thiophene rings is 1. The number of esters is 1. The molecule has 0 saturated carbocycles. The smallest absolute Gasteiger partial charge is 0.310 e. The summed E-state index contributed by atoms with van der Waals surface area (Å²) in [4.78, 5) is 17.9. The van der Waals surface area contributed by atoms with E-state index in [2.05, 4.69) is 26.5 Å². The summed E-state index contributed by atoms with van der Waals surface area (Å²) in [6, 6.07) is 4.05. The lowest BCUT2D eigenvalue weighted by atomic mass is 10.3. The molecule has 0 bridgehead atoms. The Bertz CT molecular complexity index is 563. The molecule has 20 heavy (non-hydrogen) atoms. The second-order valence-electron chi connectivity index (χ2n) is 4.43. The first-order valence-electron chi connectivity index (χ1n) is 6.43. The van der Waals surface area contributed by atoms with Crippen molar-refractivity contribution in [1.82, 2.24) is 10.3 Å². The van der Waals surface area contributed by atoms with E-state index < -0.39 is 0 Å². The van der Waals surface area contributed by atoms with Gasteiger partial charge in [0.2, 0.25) is 0 Å². The fourth-order valence-corrected chi connectivity index (χ4v) is 3.50. The van der Waals surface area contributed by atoms with Crippen LogP contribution in [-0.4, -0.2) is 24.6 Å². The summed E-state index contributed by atoms with van der Waals surface area (Å²) in [5.41, 5.74) is 1.09. The number of thiazole rings is 1. The molecule has 2 aromatic rings. The topological polar surface area (TPSA) is 51.2 Å². The molecule has 6 heteroatoms. The van der Waals surface area contributed by atoms with Crippen molar-refractivity contribution >= 4 is 28.6 Å². The normalized spacial score (nSPS) is 10.7. The van der Waals surface area contributed by atoms with E-state index in [1.165, 1.54) is 17.0 Å². The molecule has 4 nitrogen and oxygen atoms in total. The van der Waals surface area contributed by atoms with Crippen molar-refractivity contribution in [2.75, 3.05) is 13.7 Å². The Kier molecular flexibility index (Phi) is 5.70. The fourth-order valence-electron chi connectivity index (χ4n) is 1.75. The zero-order valence-electron chi connectivity index (χ0n) is 11.6. The Morgan fingerprint density at radius 3 is 2.90 bits per heavy atom. The van der Waals surface area contributed by atoms with E-state index in [4.69, 9.17) is 0 Å². The predicted octanol–water partition coefficient (Wildman–Crippen LogP) is 2.56. The van der Waals surface area contributed by atoms with Gasteiger partial charge in [0.05, 0.1) is 18.5 Å². The zero-order valence-corrected chi connectivity index (χ0v) is 13.3. The highest BCUT2D eigenvalue weighted by Crippen LogP contribution is 2.17. The molecule has 0 atom stereocenters. The van der Waals surface area contributed by atoms with Crippen LogP contribution in [0.1, 0.15) is 20.5 Å². The fraction of sp³-hybridized carbons (Fsp3) is 0.429. The van der Waals surface area contributed by atoms with Crippen LogP contribution in [-0.2, 0) is 28.9 Å². The summed E-state index contributed by atoms with van der Waals surface area (Å²) >= 11 is 3.36. The minimum absolute atomic E-state index is 0.189. The first kappa shape index (κ1) is 15.2. The van der Waals surface area contributed by atoms with Crippen molar-refractivity contribution in [3.8, 4) is 0 Å². The molecule has 0 fully saturated rings. The van der Waals surface area contributed by atoms with Crippen LogP contribution >= 0.6 is 22.7 Å². The SMILES string of the molecule is COC(=O)Cc1ccc(CNCCc2nc(C)cs2)s1. The summed E-state index contributed by atoms with van der Waals surface area (Å²) in [5.74, 6) is -0.189. The number of carbonyl (C=O) groups excluding carboxylic acids is 1. The number of carbonyl (C=O) groups is 1. The lowest BCUT2D eigenvalue weighted by molar-refractivity contribution is -0.139. The number of nitrogens with one attached hydrogen (secondary N) is 1. The van der Waals surface area contributed by atoms with Crippen molar-refractivity contribution < 1.29 is 9.53 Å². The second kappa shape index (κ2) is 7.52. The zero-order chi connectivity index (χ0) is 14.4. The third kappa shape index (κ3) is 4.70. The number of methoxy groups -OCH3 is 1. The third-order valence-electron chi connectivity index (χ3n) is 2.74. The van der Waals surface area contributed by atoms with E-state index in [9.17, 15) is 4.79 Å². The Morgan fingerprint density at radius 1 is 1.40 bits per heavy atom. The van der Waals surface area contributed by atoms with Gasteiger partial charge in [-0.15, -0.1) is 22.7 Å². The van der Waals surface area contributed by atoms with Crippen LogP contribution in [0.4, 0.5) is 0 Å². The Morgan fingerprint density at radius 2 is 2.20 bits per heavy atom. The lowest BCUT2D eigenvalue weighted by Gasteiger charge is -2.01. The van der Waals surface area contributed by atoms with Gasteiger partial charge in [0.25, 0.3) is 0 Å². The minimum atomic E-state index is -0.189. The van der Waals surface area contributed by atoms with Crippen LogP contribution in [0.5, 0.6) is 0 Å². The van der Waals surface area contributed by atoms with Gasteiger partial charge in [-0.1, -0.05) is 0 Å². The van der Waals surface area contributed by atoms with Crippen molar-refractivity contribution in [1.29, 1.82) is 0 Å². The maximum absolute atomic E-state index is 11.2. The van der Waals surface area contributed by atoms with Crippen molar-refractivity contribution in [3.05, 3.63) is 38.0 Å². The number of hydrogen-bond donors (Lipinski definition) is 1. The highest BCUT2D eigenvalue weighted by atomic mass is 32.1. The maximum atomic E-state index is 11.2. The molecule has 108 valence electrons. The molecule has 0 aromatic carbocycles. The molecule has 0 aliphatic carbocycles. The van der Waals surface area contributed by atoms with E-state index in [-0.39, 0.29) is 5.97 Å². The van der Waals surface area contributed by atoms with Crippen LogP contribution in [0.2, 0.25) is 0 Å². The van der Waals surface area contributed by atoms with Gasteiger partial charge in [0.1, 0.15) is 0 Å². The standard InChI is InChI=1S/C14H18N2O2S2/c1-10-9-19-13(16-10)5-6-15-8-12-4-3-11(20-12)7-14(17)18-2/h3-4,9,15H,5-8H2,1-2H3. The number of aryl methyl sites for hydroxylation is 1. The molecule has 0 radical (unpaired) electrons. The van der Waals surface area contributed by atoms with E-state index in [0.717, 1.165) is 30.1 Å². The second-order valence-corrected chi connectivity index (χ2v) is 6.63. The largest absolute Gasteiger partial charge is 0.469 e. The molecule has 2 rings (SSSR count). The van der Waals surface area contributed by atoms with Gasteiger partial charge in [-0.25, -0.2) is 4.98 Å². The summed E-state index contributed by atoms with van der Waals surface area (Å²) in [7, 11) is 1.42. The predicted molar refractivity (Wildman–Crippen MR) is 82.3 cm³/mol. The molecule has 0 spiro atoms. The number of nitrogens with zero attached hydrogens (tertiary/aromatic N) is 1. The summed E-state index contributed by atoms with van der Waals surface area (Å²) < 4.78 is 4.66. The van der Waals surface area contributed by atoms with Crippen molar-refractivity contribution in [3.63, 3.8) is 0 Å². The molecule has 2 aromatic heterocycles. The molecular formula is C14H18N2O2S2. The average Bonchev–Trinajstić information content (AvgIpc) is 3.04. The first-order valence-corrected chi connectivity index (χ1v) is 8.13. The van der Waals surface area contributed by atoms with E-state index in [1.54, 1.807) is 22.7 Å². The van der Waals surface area contributed by atoms with Crippen LogP contribution in [0, 0.1) is 6.92 Å². The Balaban J connectivity index is 1.70. The van der Waals surface area contributed by atoms with Crippen LogP contribution in [0.3, 0.4) is 0 Å². The van der Waals surface area contributed by atoms with Crippen LogP contribution < -0.4 is 5.32 Å². The Hall–Kier alpha value is -1.24. The molecule has 1 N–H and O–H groups in total. The molecular weight excluding hydrogens is 292 g/mol. The van der Waals surface area contributed by atoms with Gasteiger partial charge in [-0.3, -0.25) is 4.79 Å². The number of rotatable bonds is 7. The number of hydrogen-bond acceptors (Lipinski definition) is 6. The van der Waals surface area contributed by atoms with Gasteiger partial charge in [0, 0.05) is 40.3 Å². The molecule has 0 saturated heterocycles. The monoisotopic (exact) mass is 310 g/mol. The van der Waals surface area contributed by atoms with Crippen LogP contribution in [0.15, 0.2) is 17.5 Å². The third-order valence-corrected chi connectivity index (χ3v) is 4.86. The lowest BCUT2D eigenvalue weighted by Crippen LogP contribution is -2.15. The summed E-state index contributed by atoms with van der Waals surface area (Å²) in [5, 5.41) is 6.65. The molecule has 0 unspecified atom stereocenters. The van der Waals surface area contributed by atoms with E-state index in [1.807, 2.05) is 13.0 Å². The highest BCUT2D eigenvalue weighted by Gasteiger charge is 2.06. The van der Waals surface area contributed by atoms with Gasteiger partial charge in [-0.2, -0.15) is 0 Å². The van der Waals surface area contributed by atoms with E-state index in [0.29, 0.717) is 6.42 Å². The maximum Gasteiger partial charge on any atom is 0.310 e.